The Balaban J connectivity index is 2.39. The van der Waals surface area contributed by atoms with E-state index >= 15 is 0 Å². The molecule has 1 aromatic heterocycles. The minimum absolute atomic E-state index is 0.0998. The van der Waals surface area contributed by atoms with E-state index in [0.29, 0.717) is 11.1 Å². The van der Waals surface area contributed by atoms with E-state index in [2.05, 4.69) is 4.98 Å². The van der Waals surface area contributed by atoms with Gasteiger partial charge in [0.25, 0.3) is 0 Å². The number of halogens is 5. The zero-order chi connectivity index (χ0) is 16.5. The SMILES string of the molecule is CN(CC(F)(F)F)c1cc(-c2cc(F)c(N)cc2Cl)ccn1. The lowest BCUT2D eigenvalue weighted by Gasteiger charge is -2.20. The van der Waals surface area contributed by atoms with Crippen molar-refractivity contribution in [2.24, 2.45) is 0 Å². The molecule has 2 aromatic rings. The van der Waals surface area contributed by atoms with Crippen molar-refractivity contribution in [1.82, 2.24) is 4.98 Å². The average Bonchev–Trinajstić information content (AvgIpc) is 2.41. The van der Waals surface area contributed by atoms with E-state index in [4.69, 9.17) is 17.3 Å². The molecule has 1 heterocycles. The van der Waals surface area contributed by atoms with E-state index in [1.807, 2.05) is 0 Å². The van der Waals surface area contributed by atoms with E-state index in [-0.39, 0.29) is 16.5 Å². The molecule has 2 N–H and O–H groups in total. The first-order chi connectivity index (χ1) is 10.2. The van der Waals surface area contributed by atoms with Crippen LogP contribution in [0.25, 0.3) is 11.1 Å². The van der Waals surface area contributed by atoms with Crippen LogP contribution in [0, 0.1) is 5.82 Å². The molecule has 3 nitrogen and oxygen atoms in total. The van der Waals surface area contributed by atoms with Gasteiger partial charge in [-0.15, -0.1) is 0 Å². The van der Waals surface area contributed by atoms with Crippen molar-refractivity contribution in [3.05, 3.63) is 41.3 Å². The minimum atomic E-state index is -4.35. The Morgan fingerprint density at radius 2 is 1.95 bits per heavy atom. The van der Waals surface area contributed by atoms with Crippen molar-refractivity contribution in [2.45, 2.75) is 6.18 Å². The number of pyridine rings is 1. The molecule has 0 saturated carbocycles. The summed E-state index contributed by atoms with van der Waals surface area (Å²) in [5, 5.41) is 0.203. The zero-order valence-electron chi connectivity index (χ0n) is 11.5. The van der Waals surface area contributed by atoms with E-state index in [0.717, 1.165) is 11.0 Å². The molecule has 0 amide bonds. The van der Waals surface area contributed by atoms with Gasteiger partial charge in [0.1, 0.15) is 18.2 Å². The Kier molecular flexibility index (Phi) is 4.46. The number of nitrogens with two attached hydrogens (primary N) is 1. The number of hydrogen-bond acceptors (Lipinski definition) is 3. The number of nitrogens with zero attached hydrogens (tertiary/aromatic N) is 2. The van der Waals surface area contributed by atoms with E-state index in [1.54, 1.807) is 0 Å². The van der Waals surface area contributed by atoms with Gasteiger partial charge in [-0.3, -0.25) is 0 Å². The summed E-state index contributed by atoms with van der Waals surface area (Å²) < 4.78 is 50.8. The normalized spacial score (nSPS) is 11.5. The minimum Gasteiger partial charge on any atom is -0.396 e. The van der Waals surface area contributed by atoms with Gasteiger partial charge in [0.15, 0.2) is 0 Å². The van der Waals surface area contributed by atoms with E-state index in [9.17, 15) is 17.6 Å². The second kappa shape index (κ2) is 6.00. The molecule has 0 fully saturated rings. The maximum Gasteiger partial charge on any atom is 0.405 e. The molecule has 118 valence electrons. The number of anilines is 2. The van der Waals surface area contributed by atoms with Crippen molar-refractivity contribution in [3.63, 3.8) is 0 Å². The fourth-order valence-corrected chi connectivity index (χ4v) is 2.21. The molecule has 22 heavy (non-hydrogen) atoms. The molecule has 0 aliphatic carbocycles. The van der Waals surface area contributed by atoms with Gasteiger partial charge in [-0.1, -0.05) is 11.6 Å². The van der Waals surface area contributed by atoms with Crippen LogP contribution in [0.15, 0.2) is 30.5 Å². The zero-order valence-corrected chi connectivity index (χ0v) is 12.2. The van der Waals surface area contributed by atoms with Crippen LogP contribution >= 0.6 is 11.6 Å². The predicted octanol–water partition coefficient (Wildman–Crippen LogP) is 4.12. The summed E-state index contributed by atoms with van der Waals surface area (Å²) >= 11 is 6.01. The molecule has 0 saturated heterocycles. The number of nitrogen functional groups attached to an aromatic ring is 1. The van der Waals surface area contributed by atoms with Crippen LogP contribution in [0.3, 0.4) is 0 Å². The maximum atomic E-state index is 13.6. The Morgan fingerprint density at radius 3 is 2.59 bits per heavy atom. The van der Waals surface area contributed by atoms with Gasteiger partial charge in [0.2, 0.25) is 0 Å². The fourth-order valence-electron chi connectivity index (χ4n) is 1.93. The third-order valence-corrected chi connectivity index (χ3v) is 3.26. The third-order valence-electron chi connectivity index (χ3n) is 2.95. The van der Waals surface area contributed by atoms with E-state index in [1.165, 1.54) is 31.4 Å². The van der Waals surface area contributed by atoms with Gasteiger partial charge >= 0.3 is 6.18 Å². The van der Waals surface area contributed by atoms with Crippen molar-refractivity contribution in [2.75, 3.05) is 24.2 Å². The van der Waals surface area contributed by atoms with Crippen molar-refractivity contribution >= 4 is 23.1 Å². The van der Waals surface area contributed by atoms with Gasteiger partial charge in [-0.25, -0.2) is 9.37 Å². The molecule has 8 heteroatoms. The highest BCUT2D eigenvalue weighted by molar-refractivity contribution is 6.33. The average molecular weight is 334 g/mol. The second-order valence-corrected chi connectivity index (χ2v) is 5.13. The number of benzene rings is 1. The number of aromatic nitrogens is 1. The first-order valence-electron chi connectivity index (χ1n) is 6.16. The third kappa shape index (κ3) is 3.79. The molecule has 0 unspecified atom stereocenters. The topological polar surface area (TPSA) is 42.1 Å². The van der Waals surface area contributed by atoms with Crippen LogP contribution in [0.1, 0.15) is 0 Å². The van der Waals surface area contributed by atoms with E-state index < -0.39 is 18.5 Å². The molecule has 0 aliphatic rings. The quantitative estimate of drug-likeness (QED) is 0.678. The number of alkyl halides is 3. The first-order valence-corrected chi connectivity index (χ1v) is 6.54. The summed E-state index contributed by atoms with van der Waals surface area (Å²) in [6, 6.07) is 5.33. The summed E-state index contributed by atoms with van der Waals surface area (Å²) in [7, 11) is 1.27. The Labute approximate surface area is 129 Å². The molecule has 2 rings (SSSR count). The van der Waals surface area contributed by atoms with Gasteiger partial charge in [-0.2, -0.15) is 13.2 Å². The van der Waals surface area contributed by atoms with Crippen molar-refractivity contribution in [1.29, 1.82) is 0 Å². The summed E-state index contributed by atoms with van der Waals surface area (Å²) in [5.41, 5.74) is 6.09. The highest BCUT2D eigenvalue weighted by Crippen LogP contribution is 2.32. The highest BCUT2D eigenvalue weighted by atomic mass is 35.5. The predicted molar refractivity (Wildman–Crippen MR) is 78.4 cm³/mol. The molecule has 0 aliphatic heterocycles. The van der Waals surface area contributed by atoms with Crippen LogP contribution in [-0.2, 0) is 0 Å². The fraction of sp³-hybridized carbons (Fsp3) is 0.214. The van der Waals surface area contributed by atoms with Gasteiger partial charge in [0, 0.05) is 18.8 Å². The maximum absolute atomic E-state index is 13.6. The highest BCUT2D eigenvalue weighted by Gasteiger charge is 2.29. The van der Waals surface area contributed by atoms with Gasteiger partial charge < -0.3 is 10.6 Å². The molecule has 0 bridgehead atoms. The van der Waals surface area contributed by atoms with Gasteiger partial charge in [0.05, 0.1) is 10.7 Å². The van der Waals surface area contributed by atoms with Crippen LogP contribution < -0.4 is 10.6 Å². The molecule has 1 aromatic carbocycles. The van der Waals surface area contributed by atoms with Crippen molar-refractivity contribution < 1.29 is 17.6 Å². The Hall–Kier alpha value is -2.02. The van der Waals surface area contributed by atoms with Crippen LogP contribution in [0.4, 0.5) is 29.1 Å². The molecular formula is C14H12ClF4N3. The second-order valence-electron chi connectivity index (χ2n) is 4.73. The van der Waals surface area contributed by atoms with Crippen LogP contribution in [0.5, 0.6) is 0 Å². The smallest absolute Gasteiger partial charge is 0.396 e. The summed E-state index contributed by atoms with van der Waals surface area (Å²) in [4.78, 5) is 4.83. The molecular weight excluding hydrogens is 322 g/mol. The largest absolute Gasteiger partial charge is 0.405 e. The van der Waals surface area contributed by atoms with Gasteiger partial charge in [-0.05, 0) is 29.8 Å². The Morgan fingerprint density at radius 1 is 1.27 bits per heavy atom. The lowest BCUT2D eigenvalue weighted by Crippen LogP contribution is -2.31. The number of hydrogen-bond donors (Lipinski definition) is 1. The van der Waals surface area contributed by atoms with Crippen molar-refractivity contribution in [3.8, 4) is 11.1 Å². The molecule has 0 radical (unpaired) electrons. The number of rotatable bonds is 3. The summed E-state index contributed by atoms with van der Waals surface area (Å²) in [6.07, 6.45) is -3.01. The summed E-state index contributed by atoms with van der Waals surface area (Å²) in [5.74, 6) is -0.551. The Bertz CT molecular complexity index is 688. The lowest BCUT2D eigenvalue weighted by molar-refractivity contribution is -0.119. The van der Waals surface area contributed by atoms with Crippen LogP contribution in [0.2, 0.25) is 5.02 Å². The molecule has 0 spiro atoms. The summed E-state index contributed by atoms with van der Waals surface area (Å²) in [6.45, 7) is -1.15. The first kappa shape index (κ1) is 16.4. The standard InChI is InChI=1S/C14H12ClF4N3/c1-22(7-14(17,18)19)13-4-8(2-3-21-13)9-5-11(16)12(20)6-10(9)15/h2-6H,7,20H2,1H3. The van der Waals surface area contributed by atoms with Crippen LogP contribution in [-0.4, -0.2) is 24.8 Å². The monoisotopic (exact) mass is 333 g/mol. The lowest BCUT2D eigenvalue weighted by atomic mass is 10.1. The molecule has 0 atom stereocenters.